The van der Waals surface area contributed by atoms with Gasteiger partial charge in [0, 0.05) is 62.6 Å². The Labute approximate surface area is 263 Å². The van der Waals surface area contributed by atoms with Crippen LogP contribution in [0.5, 0.6) is 0 Å². The van der Waals surface area contributed by atoms with Crippen molar-refractivity contribution < 1.29 is 0 Å². The number of nitriles is 1. The maximum Gasteiger partial charge on any atom is 0.0625 e. The zero-order valence-corrected chi connectivity index (χ0v) is 27.7. The molecule has 3 rings (SSSR count). The Morgan fingerprint density at radius 3 is 1.47 bits per heavy atom. The Kier molecular flexibility index (Phi) is 15.0. The van der Waals surface area contributed by atoms with Crippen molar-refractivity contribution in [1.29, 1.82) is 5.26 Å². The highest BCUT2D eigenvalue weighted by molar-refractivity contribution is 5.62. The molecule has 43 heavy (non-hydrogen) atoms. The quantitative estimate of drug-likeness (QED) is 0.135. The van der Waals surface area contributed by atoms with Gasteiger partial charge in [-0.3, -0.25) is 0 Å². The van der Waals surface area contributed by atoms with Gasteiger partial charge in [0.05, 0.1) is 6.07 Å². The molecule has 3 aromatic carbocycles. The van der Waals surface area contributed by atoms with Gasteiger partial charge in [-0.15, -0.1) is 0 Å². The van der Waals surface area contributed by atoms with Crippen molar-refractivity contribution in [3.05, 3.63) is 89.0 Å². The third-order valence-electron chi connectivity index (χ3n) is 8.53. The van der Waals surface area contributed by atoms with Crippen LogP contribution in [-0.2, 0) is 6.42 Å². The van der Waals surface area contributed by atoms with Crippen LogP contribution in [0.25, 0.3) is 0 Å². The van der Waals surface area contributed by atoms with E-state index in [0.717, 1.165) is 38.3 Å². The lowest BCUT2D eigenvalue weighted by Gasteiger charge is -2.28. The average Bonchev–Trinajstić information content (AvgIpc) is 3.05. The van der Waals surface area contributed by atoms with Crippen LogP contribution in [0.3, 0.4) is 0 Å². The van der Waals surface area contributed by atoms with E-state index in [0.29, 0.717) is 6.42 Å². The summed E-state index contributed by atoms with van der Waals surface area (Å²) < 4.78 is 0. The van der Waals surface area contributed by atoms with Crippen LogP contribution in [-0.4, -0.2) is 33.2 Å². The van der Waals surface area contributed by atoms with E-state index in [9.17, 15) is 0 Å². The number of benzene rings is 3. The van der Waals surface area contributed by atoms with Crippen molar-refractivity contribution in [3.63, 3.8) is 0 Å². The summed E-state index contributed by atoms with van der Waals surface area (Å²) in [5.41, 5.74) is 8.85. The maximum atomic E-state index is 9.14. The predicted octanol–water partition coefficient (Wildman–Crippen LogP) is 10.2. The van der Waals surface area contributed by atoms with E-state index in [4.69, 9.17) is 5.26 Å². The second-order valence-electron chi connectivity index (χ2n) is 11.8. The largest absolute Gasteiger partial charge is 0.388 e. The van der Waals surface area contributed by atoms with E-state index in [-0.39, 0.29) is 5.92 Å². The smallest absolute Gasteiger partial charge is 0.0625 e. The molecule has 3 aromatic rings. The number of nitrogens with zero attached hydrogens (tertiary/aromatic N) is 3. The zero-order valence-electron chi connectivity index (χ0n) is 27.7. The first-order chi connectivity index (χ1) is 21.1. The van der Waals surface area contributed by atoms with Crippen LogP contribution in [0.4, 0.5) is 17.1 Å². The van der Waals surface area contributed by atoms with Crippen molar-refractivity contribution in [2.75, 3.05) is 48.3 Å². The third-order valence-corrected chi connectivity index (χ3v) is 8.53. The molecule has 0 radical (unpaired) electrons. The standard InChI is InChI=1S/C39H56N4/c1-6-10-27-42(28-11-7-2)35-21-17-33(18-22-35)39(37-25-16-32(15-14-26-40)31-38(37)41-5)34-19-23-36(24-20-34)43(29-12-8-3)30-13-9-4/h16-25,31,39,41H,6-15,27-30H2,1-5H3. The minimum absolute atomic E-state index is 0.107. The van der Waals surface area contributed by atoms with Gasteiger partial charge in [0.1, 0.15) is 0 Å². The van der Waals surface area contributed by atoms with Gasteiger partial charge >= 0.3 is 0 Å². The molecule has 0 aliphatic rings. The number of aryl methyl sites for hydroxylation is 1. The van der Waals surface area contributed by atoms with Crippen LogP contribution in [0, 0.1) is 11.3 Å². The SMILES string of the molecule is CCCCN(CCCC)c1ccc(C(c2ccc(N(CCCC)CCCC)cc2)c2ccc(CCC#N)cc2NC)cc1. The lowest BCUT2D eigenvalue weighted by atomic mass is 9.83. The number of hydrogen-bond donors (Lipinski definition) is 1. The first kappa shape index (κ1) is 34.0. The molecule has 0 aliphatic heterocycles. The number of hydrogen-bond acceptors (Lipinski definition) is 4. The Bertz CT molecular complexity index is 1150. The third kappa shape index (κ3) is 10.1. The van der Waals surface area contributed by atoms with E-state index >= 15 is 0 Å². The molecular formula is C39H56N4. The van der Waals surface area contributed by atoms with Crippen molar-refractivity contribution in [2.24, 2.45) is 0 Å². The molecule has 0 saturated carbocycles. The van der Waals surface area contributed by atoms with E-state index < -0.39 is 0 Å². The molecule has 0 fully saturated rings. The van der Waals surface area contributed by atoms with Gasteiger partial charge in [0.2, 0.25) is 0 Å². The Morgan fingerprint density at radius 1 is 0.651 bits per heavy atom. The fourth-order valence-corrected chi connectivity index (χ4v) is 5.87. The predicted molar refractivity (Wildman–Crippen MR) is 188 cm³/mol. The Balaban J connectivity index is 2.03. The number of unbranched alkanes of at least 4 members (excludes halogenated alkanes) is 4. The minimum Gasteiger partial charge on any atom is -0.388 e. The number of anilines is 3. The molecule has 0 heterocycles. The first-order valence-electron chi connectivity index (χ1n) is 17.0. The van der Waals surface area contributed by atoms with Crippen molar-refractivity contribution >= 4 is 17.1 Å². The van der Waals surface area contributed by atoms with Gasteiger partial charge in [-0.05, 0) is 84.7 Å². The molecule has 4 nitrogen and oxygen atoms in total. The highest BCUT2D eigenvalue weighted by atomic mass is 15.1. The number of rotatable bonds is 20. The minimum atomic E-state index is 0.107. The summed E-state index contributed by atoms with van der Waals surface area (Å²) >= 11 is 0. The van der Waals surface area contributed by atoms with E-state index in [1.54, 1.807) is 0 Å². The summed E-state index contributed by atoms with van der Waals surface area (Å²) in [6, 6.07) is 27.7. The lowest BCUT2D eigenvalue weighted by molar-refractivity contribution is 0.677. The second kappa shape index (κ2) is 19.0. The topological polar surface area (TPSA) is 42.3 Å². The van der Waals surface area contributed by atoms with Crippen LogP contribution >= 0.6 is 0 Å². The van der Waals surface area contributed by atoms with Gasteiger partial charge in [0.25, 0.3) is 0 Å². The molecule has 0 aliphatic carbocycles. The molecule has 0 atom stereocenters. The van der Waals surface area contributed by atoms with Crippen LogP contribution in [0.1, 0.15) is 114 Å². The zero-order chi connectivity index (χ0) is 30.9. The monoisotopic (exact) mass is 580 g/mol. The fraction of sp³-hybridized carbons (Fsp3) is 0.513. The Morgan fingerprint density at radius 2 is 1.09 bits per heavy atom. The summed E-state index contributed by atoms with van der Waals surface area (Å²) in [7, 11) is 2.01. The summed E-state index contributed by atoms with van der Waals surface area (Å²) in [4.78, 5) is 5.12. The second-order valence-corrected chi connectivity index (χ2v) is 11.8. The maximum absolute atomic E-state index is 9.14. The fourth-order valence-electron chi connectivity index (χ4n) is 5.87. The van der Waals surface area contributed by atoms with Crippen LogP contribution < -0.4 is 15.1 Å². The normalized spacial score (nSPS) is 11.0. The van der Waals surface area contributed by atoms with Gasteiger partial charge in [0.15, 0.2) is 0 Å². The summed E-state index contributed by atoms with van der Waals surface area (Å²) in [5.74, 6) is 0.107. The van der Waals surface area contributed by atoms with E-state index in [1.807, 2.05) is 7.05 Å². The van der Waals surface area contributed by atoms with Crippen LogP contribution in [0.2, 0.25) is 0 Å². The molecule has 0 bridgehead atoms. The lowest BCUT2D eigenvalue weighted by Crippen LogP contribution is -2.25. The average molecular weight is 581 g/mol. The highest BCUT2D eigenvalue weighted by Crippen LogP contribution is 2.38. The molecule has 0 spiro atoms. The first-order valence-corrected chi connectivity index (χ1v) is 17.0. The van der Waals surface area contributed by atoms with Crippen LogP contribution in [0.15, 0.2) is 66.7 Å². The summed E-state index contributed by atoms with van der Waals surface area (Å²) in [5, 5.41) is 12.6. The molecule has 0 aromatic heterocycles. The van der Waals surface area contributed by atoms with E-state index in [2.05, 4.69) is 116 Å². The molecule has 0 amide bonds. The molecule has 0 saturated heterocycles. The van der Waals surface area contributed by atoms with Gasteiger partial charge in [-0.25, -0.2) is 0 Å². The van der Waals surface area contributed by atoms with Gasteiger partial charge in [-0.1, -0.05) is 89.8 Å². The molecule has 232 valence electrons. The summed E-state index contributed by atoms with van der Waals surface area (Å²) in [6.45, 7) is 13.5. The van der Waals surface area contributed by atoms with Crippen molar-refractivity contribution in [3.8, 4) is 6.07 Å². The van der Waals surface area contributed by atoms with Gasteiger partial charge < -0.3 is 15.1 Å². The van der Waals surface area contributed by atoms with Gasteiger partial charge in [-0.2, -0.15) is 5.26 Å². The molecule has 1 N–H and O–H groups in total. The summed E-state index contributed by atoms with van der Waals surface area (Å²) in [6.07, 6.45) is 11.0. The molecular weight excluding hydrogens is 524 g/mol. The van der Waals surface area contributed by atoms with E-state index in [1.165, 1.54) is 85.0 Å². The van der Waals surface area contributed by atoms with Crippen molar-refractivity contribution in [1.82, 2.24) is 0 Å². The highest BCUT2D eigenvalue weighted by Gasteiger charge is 2.21. The molecule has 4 heteroatoms. The number of nitrogens with one attached hydrogen (secondary N) is 1. The molecule has 0 unspecified atom stereocenters. The van der Waals surface area contributed by atoms with Crippen molar-refractivity contribution in [2.45, 2.75) is 97.8 Å². The Hall–Kier alpha value is -3.45.